The van der Waals surface area contributed by atoms with Crippen molar-refractivity contribution >= 4 is 5.91 Å². The van der Waals surface area contributed by atoms with Crippen LogP contribution >= 0.6 is 0 Å². The van der Waals surface area contributed by atoms with Crippen LogP contribution in [0.5, 0.6) is 0 Å². The van der Waals surface area contributed by atoms with Gasteiger partial charge in [0.05, 0.1) is 0 Å². The lowest BCUT2D eigenvalue weighted by Gasteiger charge is -2.25. The van der Waals surface area contributed by atoms with Crippen LogP contribution in [0.2, 0.25) is 0 Å². The number of aromatic amines is 1. The molecular weight excluding hydrogens is 152 g/mol. The van der Waals surface area contributed by atoms with Gasteiger partial charge in [-0.3, -0.25) is 4.79 Å². The Morgan fingerprint density at radius 2 is 2.50 bits per heavy atom. The minimum Gasteiger partial charge on any atom is -0.365 e. The van der Waals surface area contributed by atoms with Gasteiger partial charge in [-0.05, 0) is 11.6 Å². The second kappa shape index (κ2) is 2.66. The smallest absolute Gasteiger partial charge is 0.219 e. The van der Waals surface area contributed by atoms with Crippen molar-refractivity contribution in [3.05, 3.63) is 23.5 Å². The molecule has 2 rings (SSSR count). The predicted molar refractivity (Wildman–Crippen MR) is 45.6 cm³/mol. The van der Waals surface area contributed by atoms with Crippen LogP contribution in [0.4, 0.5) is 0 Å². The maximum Gasteiger partial charge on any atom is 0.219 e. The number of hydrogen-bond donors (Lipinski definition) is 1. The Hall–Kier alpha value is -1.25. The average Bonchev–Trinajstić information content (AvgIpc) is 2.49. The molecule has 3 nitrogen and oxygen atoms in total. The molecule has 0 saturated carbocycles. The first kappa shape index (κ1) is 7.40. The van der Waals surface area contributed by atoms with Gasteiger partial charge < -0.3 is 9.88 Å². The van der Waals surface area contributed by atoms with E-state index in [1.54, 1.807) is 6.92 Å². The third-order valence-electron chi connectivity index (χ3n) is 2.37. The summed E-state index contributed by atoms with van der Waals surface area (Å²) < 4.78 is 0. The molecule has 0 aliphatic carbocycles. The average molecular weight is 164 g/mol. The van der Waals surface area contributed by atoms with Crippen LogP contribution in [0.15, 0.2) is 12.3 Å². The molecule has 1 aromatic rings. The third kappa shape index (κ3) is 1.11. The Balaban J connectivity index is 2.20. The van der Waals surface area contributed by atoms with Crippen molar-refractivity contribution in [2.75, 3.05) is 6.54 Å². The molecule has 1 aliphatic heterocycles. The minimum absolute atomic E-state index is 0.168. The molecule has 1 aromatic heterocycles. The number of carbonyl (C=O) groups excluding carboxylic acids is 1. The van der Waals surface area contributed by atoms with E-state index in [0.717, 1.165) is 19.5 Å². The molecule has 0 saturated heterocycles. The summed E-state index contributed by atoms with van der Waals surface area (Å²) in [5, 5.41) is 0. The monoisotopic (exact) mass is 164 g/mol. The van der Waals surface area contributed by atoms with Crippen molar-refractivity contribution in [3.63, 3.8) is 0 Å². The summed E-state index contributed by atoms with van der Waals surface area (Å²) in [4.78, 5) is 16.1. The van der Waals surface area contributed by atoms with Crippen LogP contribution in [-0.2, 0) is 17.8 Å². The fraction of sp³-hybridized carbons (Fsp3) is 0.444. The summed E-state index contributed by atoms with van der Waals surface area (Å²) in [6, 6.07) is 2.05. The van der Waals surface area contributed by atoms with Crippen molar-refractivity contribution < 1.29 is 4.79 Å². The van der Waals surface area contributed by atoms with E-state index in [9.17, 15) is 4.79 Å². The zero-order chi connectivity index (χ0) is 8.55. The molecular formula is C9H12N2O. The molecule has 64 valence electrons. The highest BCUT2D eigenvalue weighted by Gasteiger charge is 2.17. The predicted octanol–water partition coefficient (Wildman–Crippen LogP) is 0.919. The Kier molecular flexibility index (Phi) is 1.64. The number of amides is 1. The van der Waals surface area contributed by atoms with Gasteiger partial charge in [0.2, 0.25) is 5.91 Å². The number of nitrogens with zero attached hydrogens (tertiary/aromatic N) is 1. The molecule has 0 spiro atoms. The largest absolute Gasteiger partial charge is 0.365 e. The van der Waals surface area contributed by atoms with Crippen molar-refractivity contribution in [2.45, 2.75) is 19.9 Å². The van der Waals surface area contributed by atoms with Gasteiger partial charge in [0.1, 0.15) is 0 Å². The van der Waals surface area contributed by atoms with Gasteiger partial charge >= 0.3 is 0 Å². The van der Waals surface area contributed by atoms with E-state index < -0.39 is 0 Å². The number of aromatic nitrogens is 1. The molecule has 0 aromatic carbocycles. The van der Waals surface area contributed by atoms with Crippen LogP contribution in [0.3, 0.4) is 0 Å². The molecule has 1 aliphatic rings. The quantitative estimate of drug-likeness (QED) is 0.608. The van der Waals surface area contributed by atoms with Gasteiger partial charge in [0, 0.05) is 38.3 Å². The summed E-state index contributed by atoms with van der Waals surface area (Å²) in [5.41, 5.74) is 2.55. The number of rotatable bonds is 0. The molecule has 2 heterocycles. The van der Waals surface area contributed by atoms with Gasteiger partial charge in [-0.1, -0.05) is 0 Å². The van der Waals surface area contributed by atoms with Crippen LogP contribution in [0.25, 0.3) is 0 Å². The van der Waals surface area contributed by atoms with E-state index in [2.05, 4.69) is 4.98 Å². The fourth-order valence-corrected chi connectivity index (χ4v) is 1.62. The SMILES string of the molecule is CC(=O)N1CCc2[nH]ccc2C1. The Morgan fingerprint density at radius 1 is 1.67 bits per heavy atom. The zero-order valence-corrected chi connectivity index (χ0v) is 7.13. The maximum atomic E-state index is 11.0. The normalized spacial score (nSPS) is 15.9. The highest BCUT2D eigenvalue weighted by molar-refractivity contribution is 5.73. The maximum absolute atomic E-state index is 11.0. The van der Waals surface area contributed by atoms with E-state index in [4.69, 9.17) is 0 Å². The van der Waals surface area contributed by atoms with Crippen LogP contribution in [0, 0.1) is 0 Å². The molecule has 0 radical (unpaired) electrons. The molecule has 0 unspecified atom stereocenters. The minimum atomic E-state index is 0.168. The third-order valence-corrected chi connectivity index (χ3v) is 2.37. The van der Waals surface area contributed by atoms with Crippen molar-refractivity contribution in [1.29, 1.82) is 0 Å². The lowest BCUT2D eigenvalue weighted by Crippen LogP contribution is -2.33. The number of H-pyrrole nitrogens is 1. The molecule has 0 bridgehead atoms. The second-order valence-corrected chi connectivity index (χ2v) is 3.17. The van der Waals surface area contributed by atoms with Crippen molar-refractivity contribution in [1.82, 2.24) is 9.88 Å². The van der Waals surface area contributed by atoms with Crippen LogP contribution in [0.1, 0.15) is 18.2 Å². The van der Waals surface area contributed by atoms with E-state index in [-0.39, 0.29) is 5.91 Å². The number of nitrogens with one attached hydrogen (secondary N) is 1. The first-order valence-corrected chi connectivity index (χ1v) is 4.18. The van der Waals surface area contributed by atoms with Crippen LogP contribution < -0.4 is 0 Å². The topological polar surface area (TPSA) is 36.1 Å². The molecule has 1 N–H and O–H groups in total. The summed E-state index contributed by atoms with van der Waals surface area (Å²) in [5.74, 6) is 0.168. The van der Waals surface area contributed by atoms with Gasteiger partial charge in [-0.25, -0.2) is 0 Å². The summed E-state index contributed by atoms with van der Waals surface area (Å²) in [7, 11) is 0. The standard InChI is InChI=1S/C9H12N2O/c1-7(12)11-5-3-9-8(6-11)2-4-10-9/h2,4,10H,3,5-6H2,1H3. The fourth-order valence-electron chi connectivity index (χ4n) is 1.62. The number of hydrogen-bond acceptors (Lipinski definition) is 1. The summed E-state index contributed by atoms with van der Waals surface area (Å²) >= 11 is 0. The van der Waals surface area contributed by atoms with Gasteiger partial charge in [-0.2, -0.15) is 0 Å². The first-order valence-electron chi connectivity index (χ1n) is 4.18. The Bertz CT molecular complexity index is 303. The van der Waals surface area contributed by atoms with Crippen molar-refractivity contribution in [3.8, 4) is 0 Å². The Labute approximate surface area is 71.4 Å². The second-order valence-electron chi connectivity index (χ2n) is 3.17. The molecule has 0 fully saturated rings. The molecule has 3 heteroatoms. The zero-order valence-electron chi connectivity index (χ0n) is 7.13. The summed E-state index contributed by atoms with van der Waals surface area (Å²) in [6.07, 6.45) is 2.90. The highest BCUT2D eigenvalue weighted by Crippen LogP contribution is 2.16. The molecule has 1 amide bonds. The molecule has 0 atom stereocenters. The first-order chi connectivity index (χ1) is 5.77. The number of carbonyl (C=O) groups is 1. The lowest BCUT2D eigenvalue weighted by atomic mass is 10.1. The van der Waals surface area contributed by atoms with E-state index >= 15 is 0 Å². The van der Waals surface area contributed by atoms with Crippen LogP contribution in [-0.4, -0.2) is 22.3 Å². The van der Waals surface area contributed by atoms with E-state index in [1.165, 1.54) is 11.3 Å². The van der Waals surface area contributed by atoms with Gasteiger partial charge in [-0.15, -0.1) is 0 Å². The van der Waals surface area contributed by atoms with Gasteiger partial charge in [0.25, 0.3) is 0 Å². The van der Waals surface area contributed by atoms with Crippen molar-refractivity contribution in [2.24, 2.45) is 0 Å². The van der Waals surface area contributed by atoms with Gasteiger partial charge in [0.15, 0.2) is 0 Å². The Morgan fingerprint density at radius 3 is 3.25 bits per heavy atom. The summed E-state index contributed by atoms with van der Waals surface area (Å²) in [6.45, 7) is 3.24. The van der Waals surface area contributed by atoms with E-state index in [0.29, 0.717) is 0 Å². The lowest BCUT2D eigenvalue weighted by molar-refractivity contribution is -0.129. The number of fused-ring (bicyclic) bond motifs is 1. The van der Waals surface area contributed by atoms with E-state index in [1.807, 2.05) is 17.2 Å². The molecule has 12 heavy (non-hydrogen) atoms. The highest BCUT2D eigenvalue weighted by atomic mass is 16.2.